The molecule has 0 atom stereocenters. The molecular formula is C15H12N4OS. The predicted octanol–water partition coefficient (Wildman–Crippen LogP) is 2.28. The second-order valence-corrected chi connectivity index (χ2v) is 4.93. The summed E-state index contributed by atoms with van der Waals surface area (Å²) in [5, 5.41) is 0. The second kappa shape index (κ2) is 5.80. The topological polar surface area (TPSA) is 63.6 Å². The Hall–Kier alpha value is -2.60. The number of benzene rings is 1. The van der Waals surface area contributed by atoms with Gasteiger partial charge in [0.1, 0.15) is 6.33 Å². The Morgan fingerprint density at radius 1 is 1.14 bits per heavy atom. The number of hydrogen-bond acceptors (Lipinski definition) is 4. The van der Waals surface area contributed by atoms with Gasteiger partial charge in [-0.25, -0.2) is 9.97 Å². The van der Waals surface area contributed by atoms with Gasteiger partial charge in [-0.2, -0.15) is 0 Å². The minimum absolute atomic E-state index is 0.184. The van der Waals surface area contributed by atoms with Crippen LogP contribution in [-0.4, -0.2) is 19.5 Å². The van der Waals surface area contributed by atoms with Gasteiger partial charge in [0.2, 0.25) is 0 Å². The Kier molecular flexibility index (Phi) is 3.70. The number of para-hydroxylation sites is 1. The number of rotatable bonds is 3. The van der Waals surface area contributed by atoms with Crippen LogP contribution < -0.4 is 5.56 Å². The highest BCUT2D eigenvalue weighted by Gasteiger charge is 2.06. The molecule has 104 valence electrons. The average Bonchev–Trinajstić information content (AvgIpc) is 2.52. The van der Waals surface area contributed by atoms with Gasteiger partial charge in [0.25, 0.3) is 5.56 Å². The number of nitrogens with one attached hydrogen (secondary N) is 1. The van der Waals surface area contributed by atoms with E-state index in [9.17, 15) is 4.79 Å². The molecule has 5 nitrogen and oxygen atoms in total. The lowest BCUT2D eigenvalue weighted by Crippen LogP contribution is -2.17. The van der Waals surface area contributed by atoms with Crippen molar-refractivity contribution in [1.29, 1.82) is 0 Å². The highest BCUT2D eigenvalue weighted by molar-refractivity contribution is 7.71. The molecule has 0 aliphatic rings. The molecule has 0 saturated heterocycles. The zero-order valence-electron chi connectivity index (χ0n) is 11.1. The molecule has 0 bridgehead atoms. The first kappa shape index (κ1) is 13.4. The van der Waals surface area contributed by atoms with Crippen LogP contribution in [0.4, 0.5) is 0 Å². The smallest absolute Gasteiger partial charge is 0.255 e. The van der Waals surface area contributed by atoms with Gasteiger partial charge in [-0.05, 0) is 29.9 Å². The van der Waals surface area contributed by atoms with Gasteiger partial charge in [0.05, 0.1) is 0 Å². The van der Waals surface area contributed by atoms with Crippen molar-refractivity contribution in [2.75, 3.05) is 0 Å². The fourth-order valence-corrected chi connectivity index (χ4v) is 2.31. The molecule has 2 aromatic heterocycles. The van der Waals surface area contributed by atoms with Crippen LogP contribution in [0.3, 0.4) is 0 Å². The predicted molar refractivity (Wildman–Crippen MR) is 82.1 cm³/mol. The first-order valence-corrected chi connectivity index (χ1v) is 6.79. The maximum Gasteiger partial charge on any atom is 0.255 e. The summed E-state index contributed by atoms with van der Waals surface area (Å²) in [4.78, 5) is 22.7. The molecule has 0 aliphatic carbocycles. The van der Waals surface area contributed by atoms with Gasteiger partial charge in [-0.1, -0.05) is 18.2 Å². The normalized spacial score (nSPS) is 10.5. The van der Waals surface area contributed by atoms with Gasteiger partial charge in [-0.3, -0.25) is 14.3 Å². The summed E-state index contributed by atoms with van der Waals surface area (Å²) in [6.45, 7) is 0. The zero-order chi connectivity index (χ0) is 14.7. The van der Waals surface area contributed by atoms with Crippen LogP contribution in [-0.2, 0) is 6.42 Å². The van der Waals surface area contributed by atoms with Gasteiger partial charge in [0, 0.05) is 36.3 Å². The van der Waals surface area contributed by atoms with Crippen molar-refractivity contribution < 1.29 is 0 Å². The number of nitrogens with zero attached hydrogens (tertiary/aromatic N) is 3. The van der Waals surface area contributed by atoms with Crippen LogP contribution in [0.15, 0.2) is 60.0 Å². The molecule has 21 heavy (non-hydrogen) atoms. The van der Waals surface area contributed by atoms with Gasteiger partial charge in [0.15, 0.2) is 4.77 Å². The molecule has 3 rings (SSSR count). The molecule has 0 unspecified atom stereocenters. The summed E-state index contributed by atoms with van der Waals surface area (Å²) in [7, 11) is 0. The van der Waals surface area contributed by atoms with Crippen LogP contribution >= 0.6 is 12.2 Å². The lowest BCUT2D eigenvalue weighted by Gasteiger charge is -2.09. The Balaban J connectivity index is 2.07. The summed E-state index contributed by atoms with van der Waals surface area (Å²) in [5.41, 5.74) is 2.21. The highest BCUT2D eigenvalue weighted by Crippen LogP contribution is 2.09. The molecule has 1 N–H and O–H groups in total. The molecule has 6 heteroatoms. The van der Waals surface area contributed by atoms with E-state index in [2.05, 4.69) is 15.0 Å². The minimum atomic E-state index is -0.184. The Morgan fingerprint density at radius 3 is 2.57 bits per heavy atom. The monoisotopic (exact) mass is 296 g/mol. The average molecular weight is 296 g/mol. The van der Waals surface area contributed by atoms with E-state index in [1.54, 1.807) is 23.2 Å². The SMILES string of the molecule is O=c1[nH]c(=S)n(-c2ccccc2)cc1Cc1cncnc1. The van der Waals surface area contributed by atoms with Crippen molar-refractivity contribution in [1.82, 2.24) is 19.5 Å². The molecule has 1 aromatic carbocycles. The van der Waals surface area contributed by atoms with Crippen LogP contribution in [0.1, 0.15) is 11.1 Å². The van der Waals surface area contributed by atoms with E-state index in [4.69, 9.17) is 12.2 Å². The third-order valence-corrected chi connectivity index (χ3v) is 3.36. The second-order valence-electron chi connectivity index (χ2n) is 4.54. The van der Waals surface area contributed by atoms with Crippen molar-refractivity contribution in [2.45, 2.75) is 6.42 Å². The molecule has 0 fully saturated rings. The quantitative estimate of drug-likeness (QED) is 0.753. The maximum atomic E-state index is 12.1. The van der Waals surface area contributed by atoms with E-state index in [-0.39, 0.29) is 5.56 Å². The minimum Gasteiger partial charge on any atom is -0.299 e. The highest BCUT2D eigenvalue weighted by atomic mass is 32.1. The third-order valence-electron chi connectivity index (χ3n) is 3.06. The molecule has 0 spiro atoms. The van der Waals surface area contributed by atoms with Crippen LogP contribution in [0, 0.1) is 4.77 Å². The van der Waals surface area contributed by atoms with E-state index in [1.807, 2.05) is 30.3 Å². The van der Waals surface area contributed by atoms with Crippen LogP contribution in [0.2, 0.25) is 0 Å². The molecule has 2 heterocycles. The summed E-state index contributed by atoms with van der Waals surface area (Å²) >= 11 is 5.23. The maximum absolute atomic E-state index is 12.1. The fourth-order valence-electron chi connectivity index (χ4n) is 2.06. The largest absolute Gasteiger partial charge is 0.299 e. The van der Waals surface area contributed by atoms with E-state index in [0.717, 1.165) is 11.3 Å². The van der Waals surface area contributed by atoms with Crippen molar-refractivity contribution >= 4 is 12.2 Å². The van der Waals surface area contributed by atoms with Gasteiger partial charge < -0.3 is 0 Å². The Bertz CT molecular complexity index is 856. The fraction of sp³-hybridized carbons (Fsp3) is 0.0667. The summed E-state index contributed by atoms with van der Waals surface area (Å²) in [6.07, 6.45) is 7.08. The molecule has 0 saturated carbocycles. The first-order valence-electron chi connectivity index (χ1n) is 6.38. The lowest BCUT2D eigenvalue weighted by atomic mass is 10.1. The summed E-state index contributed by atoms with van der Waals surface area (Å²) in [6, 6.07) is 9.65. The number of aromatic nitrogens is 4. The number of H-pyrrole nitrogens is 1. The molecule has 0 radical (unpaired) electrons. The standard InChI is InChI=1S/C15H12N4OS/c20-14-12(6-11-7-16-10-17-8-11)9-19(15(21)18-14)13-4-2-1-3-5-13/h1-5,7-10H,6H2,(H,18,20,21). The summed E-state index contributed by atoms with van der Waals surface area (Å²) in [5.74, 6) is 0. The van der Waals surface area contributed by atoms with Gasteiger partial charge in [-0.15, -0.1) is 0 Å². The van der Waals surface area contributed by atoms with Gasteiger partial charge >= 0.3 is 0 Å². The van der Waals surface area contributed by atoms with E-state index < -0.39 is 0 Å². The summed E-state index contributed by atoms with van der Waals surface area (Å²) < 4.78 is 2.16. The number of hydrogen-bond donors (Lipinski definition) is 1. The molecular weight excluding hydrogens is 284 g/mol. The lowest BCUT2D eigenvalue weighted by molar-refractivity contribution is 0.897. The van der Waals surface area contributed by atoms with E-state index in [1.165, 1.54) is 6.33 Å². The molecule has 0 amide bonds. The van der Waals surface area contributed by atoms with Crippen molar-refractivity contribution in [3.8, 4) is 5.69 Å². The first-order chi connectivity index (χ1) is 10.2. The Labute approximate surface area is 126 Å². The third kappa shape index (κ3) is 2.95. The van der Waals surface area contributed by atoms with Crippen LogP contribution in [0.5, 0.6) is 0 Å². The van der Waals surface area contributed by atoms with E-state index in [0.29, 0.717) is 16.8 Å². The molecule has 3 aromatic rings. The Morgan fingerprint density at radius 2 is 1.86 bits per heavy atom. The molecule has 0 aliphatic heterocycles. The van der Waals surface area contributed by atoms with E-state index >= 15 is 0 Å². The van der Waals surface area contributed by atoms with Crippen molar-refractivity contribution in [3.63, 3.8) is 0 Å². The van der Waals surface area contributed by atoms with Crippen molar-refractivity contribution in [2.24, 2.45) is 0 Å². The van der Waals surface area contributed by atoms with Crippen molar-refractivity contribution in [3.05, 3.63) is 81.5 Å². The van der Waals surface area contributed by atoms with Crippen LogP contribution in [0.25, 0.3) is 5.69 Å². The number of aromatic amines is 1. The zero-order valence-corrected chi connectivity index (χ0v) is 11.9.